The number of ether oxygens (including phenoxy) is 1. The molecule has 3 heterocycles. The molecule has 0 aliphatic rings. The van der Waals surface area contributed by atoms with Crippen LogP contribution in [0.15, 0.2) is 55.5 Å². The Morgan fingerprint density at radius 1 is 1.26 bits per heavy atom. The zero-order valence-electron chi connectivity index (χ0n) is 16.9. The van der Waals surface area contributed by atoms with Crippen molar-refractivity contribution >= 4 is 34.0 Å². The Morgan fingerprint density at radius 3 is 2.77 bits per heavy atom. The first-order valence-corrected chi connectivity index (χ1v) is 9.26. The van der Waals surface area contributed by atoms with Crippen LogP contribution in [0, 0.1) is 5.82 Å². The Balaban J connectivity index is 1.77. The van der Waals surface area contributed by atoms with Crippen LogP contribution in [-0.2, 0) is 11.8 Å². The van der Waals surface area contributed by atoms with Gasteiger partial charge < -0.3 is 20.4 Å². The van der Waals surface area contributed by atoms with E-state index in [0.717, 1.165) is 17.1 Å². The molecule has 4 rings (SSSR count). The van der Waals surface area contributed by atoms with E-state index < -0.39 is 11.7 Å². The van der Waals surface area contributed by atoms with Gasteiger partial charge in [-0.15, -0.1) is 0 Å². The standard InChI is InChI=1S/C22H19FN6O2/c1-12(20(24)30)13-8-17(21(31-3)25-9-13)27-22-26-10-16(23)19(28-22)15-11-29(2)18-7-5-4-6-14(15)18/h4-11H,1H2,2-3H3,(H2,24,30)(H,26,27,28). The van der Waals surface area contributed by atoms with E-state index in [1.807, 2.05) is 42.1 Å². The number of nitrogens with one attached hydrogen (secondary N) is 1. The Morgan fingerprint density at radius 2 is 2.03 bits per heavy atom. The third-order valence-electron chi connectivity index (χ3n) is 4.83. The molecule has 3 N–H and O–H groups in total. The molecule has 1 aromatic carbocycles. The number of nitrogens with zero attached hydrogens (tertiary/aromatic N) is 4. The van der Waals surface area contributed by atoms with Crippen molar-refractivity contribution in [2.75, 3.05) is 12.4 Å². The molecular weight excluding hydrogens is 399 g/mol. The van der Waals surface area contributed by atoms with Crippen LogP contribution in [0.25, 0.3) is 27.7 Å². The highest BCUT2D eigenvalue weighted by atomic mass is 19.1. The van der Waals surface area contributed by atoms with E-state index in [9.17, 15) is 9.18 Å². The normalized spacial score (nSPS) is 10.8. The van der Waals surface area contributed by atoms with E-state index in [1.165, 1.54) is 13.3 Å². The largest absolute Gasteiger partial charge is 0.480 e. The lowest BCUT2D eigenvalue weighted by molar-refractivity contribution is -0.112. The van der Waals surface area contributed by atoms with Crippen LogP contribution >= 0.6 is 0 Å². The van der Waals surface area contributed by atoms with Gasteiger partial charge in [0.05, 0.1) is 13.3 Å². The number of aromatic nitrogens is 4. The second-order valence-electron chi connectivity index (χ2n) is 6.81. The molecule has 0 atom stereocenters. The van der Waals surface area contributed by atoms with Crippen molar-refractivity contribution in [2.45, 2.75) is 0 Å². The van der Waals surface area contributed by atoms with Crippen molar-refractivity contribution in [1.82, 2.24) is 19.5 Å². The van der Waals surface area contributed by atoms with Gasteiger partial charge in [0.2, 0.25) is 17.7 Å². The highest BCUT2D eigenvalue weighted by Crippen LogP contribution is 2.32. The van der Waals surface area contributed by atoms with Gasteiger partial charge >= 0.3 is 0 Å². The molecule has 0 fully saturated rings. The molecule has 0 saturated heterocycles. The topological polar surface area (TPSA) is 108 Å². The summed E-state index contributed by atoms with van der Waals surface area (Å²) >= 11 is 0. The van der Waals surface area contributed by atoms with Gasteiger partial charge in [0.1, 0.15) is 11.4 Å². The van der Waals surface area contributed by atoms with Crippen LogP contribution in [0.2, 0.25) is 0 Å². The van der Waals surface area contributed by atoms with Crippen molar-refractivity contribution in [3.05, 3.63) is 66.9 Å². The molecule has 31 heavy (non-hydrogen) atoms. The lowest BCUT2D eigenvalue weighted by Crippen LogP contribution is -2.12. The fourth-order valence-corrected chi connectivity index (χ4v) is 3.28. The Kier molecular flexibility index (Phi) is 5.08. The fraction of sp³-hybridized carbons (Fsp3) is 0.0909. The summed E-state index contributed by atoms with van der Waals surface area (Å²) in [6, 6.07) is 9.25. The first-order chi connectivity index (χ1) is 14.9. The number of anilines is 2. The number of aryl methyl sites for hydroxylation is 1. The molecule has 0 aliphatic heterocycles. The highest BCUT2D eigenvalue weighted by molar-refractivity contribution is 6.18. The molecule has 0 unspecified atom stereocenters. The summed E-state index contributed by atoms with van der Waals surface area (Å²) in [5, 5.41) is 3.84. The zero-order valence-corrected chi connectivity index (χ0v) is 16.9. The number of halogens is 1. The number of amides is 1. The number of methoxy groups -OCH3 is 1. The number of fused-ring (bicyclic) bond motifs is 1. The van der Waals surface area contributed by atoms with Gasteiger partial charge in [0.25, 0.3) is 0 Å². The molecule has 0 bridgehead atoms. The van der Waals surface area contributed by atoms with E-state index in [4.69, 9.17) is 10.5 Å². The summed E-state index contributed by atoms with van der Waals surface area (Å²) in [5.74, 6) is -0.857. The number of nitrogens with two attached hydrogens (primary N) is 1. The predicted octanol–water partition coefficient (Wildman–Crippen LogP) is 3.42. The predicted molar refractivity (Wildman–Crippen MR) is 116 cm³/mol. The molecule has 1 amide bonds. The van der Waals surface area contributed by atoms with Crippen LogP contribution in [-0.4, -0.2) is 32.5 Å². The van der Waals surface area contributed by atoms with Gasteiger partial charge in [-0.2, -0.15) is 0 Å². The summed E-state index contributed by atoms with van der Waals surface area (Å²) in [4.78, 5) is 24.0. The summed E-state index contributed by atoms with van der Waals surface area (Å²) in [6.07, 6.45) is 4.34. The fourth-order valence-electron chi connectivity index (χ4n) is 3.28. The number of pyridine rings is 1. The number of primary amides is 1. The maximum Gasteiger partial charge on any atom is 0.248 e. The highest BCUT2D eigenvalue weighted by Gasteiger charge is 2.17. The summed E-state index contributed by atoms with van der Waals surface area (Å²) in [6.45, 7) is 3.66. The van der Waals surface area contributed by atoms with Gasteiger partial charge in [-0.05, 0) is 12.1 Å². The summed E-state index contributed by atoms with van der Waals surface area (Å²) in [5.41, 5.74) is 7.92. The number of carbonyl (C=O) groups is 1. The second-order valence-corrected chi connectivity index (χ2v) is 6.81. The van der Waals surface area contributed by atoms with E-state index >= 15 is 0 Å². The first-order valence-electron chi connectivity index (χ1n) is 9.26. The van der Waals surface area contributed by atoms with Crippen LogP contribution in [0.1, 0.15) is 5.56 Å². The van der Waals surface area contributed by atoms with Crippen molar-refractivity contribution in [2.24, 2.45) is 12.8 Å². The van der Waals surface area contributed by atoms with Crippen LogP contribution in [0.3, 0.4) is 0 Å². The number of hydrogen-bond acceptors (Lipinski definition) is 6. The van der Waals surface area contributed by atoms with Gasteiger partial charge in [0.15, 0.2) is 5.82 Å². The van der Waals surface area contributed by atoms with Crippen LogP contribution in [0.5, 0.6) is 5.88 Å². The maximum atomic E-state index is 14.7. The number of para-hydroxylation sites is 1. The molecule has 0 radical (unpaired) electrons. The van der Waals surface area contributed by atoms with Crippen molar-refractivity contribution in [3.63, 3.8) is 0 Å². The number of benzene rings is 1. The van der Waals surface area contributed by atoms with E-state index in [2.05, 4.69) is 26.8 Å². The van der Waals surface area contributed by atoms with E-state index in [0.29, 0.717) is 16.8 Å². The minimum Gasteiger partial charge on any atom is -0.480 e. The van der Waals surface area contributed by atoms with Gasteiger partial charge in [-0.25, -0.2) is 19.3 Å². The lowest BCUT2D eigenvalue weighted by Gasteiger charge is -2.12. The van der Waals surface area contributed by atoms with E-state index in [1.54, 1.807) is 6.07 Å². The number of carbonyl (C=O) groups excluding carboxylic acids is 1. The van der Waals surface area contributed by atoms with Crippen LogP contribution < -0.4 is 15.8 Å². The second kappa shape index (κ2) is 7.86. The Labute approximate surface area is 177 Å². The molecule has 4 aromatic rings. The molecule has 9 heteroatoms. The maximum absolute atomic E-state index is 14.7. The average Bonchev–Trinajstić information content (AvgIpc) is 3.11. The third-order valence-corrected chi connectivity index (χ3v) is 4.83. The van der Waals surface area contributed by atoms with Crippen molar-refractivity contribution < 1.29 is 13.9 Å². The Bertz CT molecular complexity index is 1330. The lowest BCUT2D eigenvalue weighted by atomic mass is 10.1. The molecule has 0 saturated carbocycles. The van der Waals surface area contributed by atoms with E-state index in [-0.39, 0.29) is 23.1 Å². The Hall–Kier alpha value is -4.27. The SMILES string of the molecule is C=C(C(N)=O)c1cnc(OC)c(Nc2ncc(F)c(-c3cn(C)c4ccccc34)n2)c1. The minimum absolute atomic E-state index is 0.0923. The molecular formula is C22H19FN6O2. The summed E-state index contributed by atoms with van der Waals surface area (Å²) < 4.78 is 21.8. The van der Waals surface area contributed by atoms with Gasteiger partial charge in [0, 0.05) is 47.0 Å². The smallest absolute Gasteiger partial charge is 0.248 e. The van der Waals surface area contributed by atoms with Gasteiger partial charge in [-0.1, -0.05) is 24.8 Å². The molecule has 0 spiro atoms. The average molecular weight is 418 g/mol. The number of hydrogen-bond donors (Lipinski definition) is 2. The molecule has 3 aromatic heterocycles. The first kappa shape index (κ1) is 20.0. The monoisotopic (exact) mass is 418 g/mol. The van der Waals surface area contributed by atoms with Crippen molar-refractivity contribution in [3.8, 4) is 17.1 Å². The third kappa shape index (κ3) is 3.68. The minimum atomic E-state index is -0.672. The van der Waals surface area contributed by atoms with Crippen LogP contribution in [0.4, 0.5) is 16.0 Å². The quantitative estimate of drug-likeness (QED) is 0.465. The molecule has 156 valence electrons. The van der Waals surface area contributed by atoms with Gasteiger partial charge in [-0.3, -0.25) is 4.79 Å². The number of rotatable bonds is 6. The zero-order chi connectivity index (χ0) is 22.1. The molecule has 0 aliphatic carbocycles. The molecule has 8 nitrogen and oxygen atoms in total. The van der Waals surface area contributed by atoms with Crippen molar-refractivity contribution in [1.29, 1.82) is 0 Å². The summed E-state index contributed by atoms with van der Waals surface area (Å²) in [7, 11) is 3.33.